The molecule has 2 N–H and O–H groups in total. The quantitative estimate of drug-likeness (QED) is 0.238. The Balaban J connectivity index is 3.41. The van der Waals surface area contributed by atoms with Crippen molar-refractivity contribution in [2.45, 2.75) is 32.8 Å². The molecule has 0 radical (unpaired) electrons. The van der Waals surface area contributed by atoms with Crippen LogP contribution >= 0.6 is 0 Å². The van der Waals surface area contributed by atoms with Crippen LogP contribution in [0.4, 0.5) is 4.79 Å². The number of alkyl carbamates (subject to hydrolysis) is 1. The third-order valence-corrected chi connectivity index (χ3v) is 2.36. The van der Waals surface area contributed by atoms with Crippen molar-refractivity contribution in [3.63, 3.8) is 0 Å². The molecule has 138 valence electrons. The van der Waals surface area contributed by atoms with Crippen LogP contribution in [-0.2, 0) is 19.0 Å². The maximum atomic E-state index is 11.5. The lowest BCUT2D eigenvalue weighted by Gasteiger charge is -2.19. The van der Waals surface area contributed by atoms with E-state index in [1.54, 1.807) is 20.8 Å². The number of carbonyl (C=O) groups excluding carboxylic acids is 2. The summed E-state index contributed by atoms with van der Waals surface area (Å²) in [5, 5.41) is 8.53. The highest BCUT2D eigenvalue weighted by atomic mass is 16.6. The molecule has 0 fully saturated rings. The van der Waals surface area contributed by atoms with Gasteiger partial charge in [-0.25, -0.2) is 4.79 Å². The van der Waals surface area contributed by atoms with Crippen LogP contribution in [0.1, 0.15) is 27.2 Å². The van der Waals surface area contributed by atoms with Gasteiger partial charge in [-0.2, -0.15) is 0 Å². The number of azide groups is 1. The molecule has 10 heteroatoms. The van der Waals surface area contributed by atoms with Crippen LogP contribution in [0.25, 0.3) is 10.4 Å². The first kappa shape index (κ1) is 22.0. The van der Waals surface area contributed by atoms with Crippen LogP contribution < -0.4 is 10.6 Å². The first-order valence-corrected chi connectivity index (χ1v) is 7.75. The third-order valence-electron chi connectivity index (χ3n) is 2.36. The Kier molecular flexibility index (Phi) is 12.3. The molecule has 0 aliphatic carbocycles. The van der Waals surface area contributed by atoms with Crippen LogP contribution in [-0.4, -0.2) is 63.7 Å². The van der Waals surface area contributed by atoms with Crippen LogP contribution in [0, 0.1) is 0 Å². The van der Waals surface area contributed by atoms with E-state index in [0.29, 0.717) is 32.9 Å². The minimum absolute atomic E-state index is 0.162. The van der Waals surface area contributed by atoms with Gasteiger partial charge in [-0.15, -0.1) is 0 Å². The molecule has 0 aliphatic heterocycles. The van der Waals surface area contributed by atoms with Crippen LogP contribution in [0.15, 0.2) is 5.11 Å². The number of ether oxygens (including phenoxy) is 3. The molecule has 0 saturated heterocycles. The molecule has 0 bridgehead atoms. The van der Waals surface area contributed by atoms with Crippen molar-refractivity contribution in [2.75, 3.05) is 46.1 Å². The van der Waals surface area contributed by atoms with E-state index >= 15 is 0 Å². The van der Waals surface area contributed by atoms with E-state index in [1.165, 1.54) is 0 Å². The van der Waals surface area contributed by atoms with Gasteiger partial charge in [-0.05, 0) is 26.3 Å². The second-order valence-electron chi connectivity index (χ2n) is 5.71. The molecule has 0 heterocycles. The lowest BCUT2D eigenvalue weighted by Crippen LogP contribution is -2.38. The van der Waals surface area contributed by atoms with Crippen molar-refractivity contribution in [2.24, 2.45) is 5.11 Å². The summed E-state index contributed by atoms with van der Waals surface area (Å²) in [5.74, 6) is -0.162. The van der Waals surface area contributed by atoms with Gasteiger partial charge in [0, 0.05) is 31.0 Å². The van der Waals surface area contributed by atoms with Crippen molar-refractivity contribution >= 4 is 12.0 Å². The Hall–Kier alpha value is -2.03. The van der Waals surface area contributed by atoms with Crippen LogP contribution in [0.2, 0.25) is 0 Å². The number of rotatable bonds is 12. The summed E-state index contributed by atoms with van der Waals surface area (Å²) in [6.45, 7) is 7.60. The predicted molar refractivity (Wildman–Crippen MR) is 87.5 cm³/mol. The molecule has 24 heavy (non-hydrogen) atoms. The highest BCUT2D eigenvalue weighted by Crippen LogP contribution is 2.05. The summed E-state index contributed by atoms with van der Waals surface area (Å²) in [6, 6.07) is 0. The minimum Gasteiger partial charge on any atom is -0.444 e. The lowest BCUT2D eigenvalue weighted by atomic mass is 10.2. The van der Waals surface area contributed by atoms with Crippen molar-refractivity contribution in [1.29, 1.82) is 0 Å². The van der Waals surface area contributed by atoms with Gasteiger partial charge in [0.15, 0.2) is 0 Å². The number of nitrogens with zero attached hydrogens (tertiary/aromatic N) is 3. The molecule has 0 spiro atoms. The second kappa shape index (κ2) is 13.4. The highest BCUT2D eigenvalue weighted by molar-refractivity contribution is 5.76. The normalized spacial score (nSPS) is 10.6. The van der Waals surface area contributed by atoms with Crippen molar-refractivity contribution in [3.05, 3.63) is 10.4 Å². The standard InChI is InChI=1S/C14H27N5O5/c1-14(2,3)24-13(21)17-6-5-16-12(20)4-8-22-10-11-23-9-7-18-19-15/h4-11H2,1-3H3,(H,16,20)(H,17,21). The Bertz CT molecular complexity index is 418. The third kappa shape index (κ3) is 16.3. The van der Waals surface area contributed by atoms with Gasteiger partial charge in [0.2, 0.25) is 5.91 Å². The summed E-state index contributed by atoms with van der Waals surface area (Å²) in [4.78, 5) is 25.5. The van der Waals surface area contributed by atoms with Gasteiger partial charge in [-0.1, -0.05) is 5.11 Å². The summed E-state index contributed by atoms with van der Waals surface area (Å²) < 4.78 is 15.4. The Morgan fingerprint density at radius 1 is 1.04 bits per heavy atom. The average molecular weight is 345 g/mol. The fraction of sp³-hybridized carbons (Fsp3) is 0.857. The Morgan fingerprint density at radius 2 is 1.67 bits per heavy atom. The monoisotopic (exact) mass is 345 g/mol. The Labute approximate surface area is 141 Å². The van der Waals surface area contributed by atoms with E-state index in [-0.39, 0.29) is 25.5 Å². The second-order valence-corrected chi connectivity index (χ2v) is 5.71. The first-order valence-electron chi connectivity index (χ1n) is 7.75. The molecule has 0 aromatic heterocycles. The summed E-state index contributed by atoms with van der Waals surface area (Å²) in [6.07, 6.45) is -0.286. The van der Waals surface area contributed by atoms with Gasteiger partial charge in [0.25, 0.3) is 0 Å². The predicted octanol–water partition coefficient (Wildman–Crippen LogP) is 1.36. The van der Waals surface area contributed by atoms with Gasteiger partial charge >= 0.3 is 6.09 Å². The summed E-state index contributed by atoms with van der Waals surface area (Å²) >= 11 is 0. The number of nitrogens with one attached hydrogen (secondary N) is 2. The molecule has 0 rings (SSSR count). The zero-order valence-corrected chi connectivity index (χ0v) is 14.5. The van der Waals surface area contributed by atoms with Gasteiger partial charge in [-0.3, -0.25) is 4.79 Å². The molecule has 0 aromatic carbocycles. The Morgan fingerprint density at radius 3 is 2.29 bits per heavy atom. The van der Waals surface area contributed by atoms with E-state index in [0.717, 1.165) is 0 Å². The maximum absolute atomic E-state index is 11.5. The van der Waals surface area contributed by atoms with Crippen molar-refractivity contribution in [3.8, 4) is 0 Å². The molecular formula is C14H27N5O5. The topological polar surface area (TPSA) is 135 Å². The maximum Gasteiger partial charge on any atom is 0.407 e. The SMILES string of the molecule is CC(C)(C)OC(=O)NCCNC(=O)CCOCCOCCN=[N+]=[N-]. The van der Waals surface area contributed by atoms with Crippen LogP contribution in [0.3, 0.4) is 0 Å². The van der Waals surface area contributed by atoms with Crippen molar-refractivity contribution < 1.29 is 23.8 Å². The molecule has 0 aromatic rings. The zero-order chi connectivity index (χ0) is 18.3. The molecule has 2 amide bonds. The lowest BCUT2D eigenvalue weighted by molar-refractivity contribution is -0.122. The number of carbonyl (C=O) groups is 2. The number of hydrogen-bond acceptors (Lipinski definition) is 6. The van der Waals surface area contributed by atoms with E-state index in [4.69, 9.17) is 19.7 Å². The largest absolute Gasteiger partial charge is 0.444 e. The fourth-order valence-electron chi connectivity index (χ4n) is 1.41. The average Bonchev–Trinajstić information content (AvgIpc) is 2.48. The highest BCUT2D eigenvalue weighted by Gasteiger charge is 2.15. The van der Waals surface area contributed by atoms with Gasteiger partial charge in [0.1, 0.15) is 5.60 Å². The summed E-state index contributed by atoms with van der Waals surface area (Å²) in [5.41, 5.74) is 7.51. The van der Waals surface area contributed by atoms with Gasteiger partial charge in [0.05, 0.1) is 26.4 Å². The molecule has 0 atom stereocenters. The molecule has 0 unspecified atom stereocenters. The minimum atomic E-state index is -0.544. The molecule has 0 aliphatic rings. The first-order chi connectivity index (χ1) is 11.3. The molecule has 10 nitrogen and oxygen atoms in total. The van der Waals surface area contributed by atoms with Crippen LogP contribution in [0.5, 0.6) is 0 Å². The van der Waals surface area contributed by atoms with Crippen molar-refractivity contribution in [1.82, 2.24) is 10.6 Å². The molecular weight excluding hydrogens is 318 g/mol. The fourth-order valence-corrected chi connectivity index (χ4v) is 1.41. The zero-order valence-electron chi connectivity index (χ0n) is 14.5. The van der Waals surface area contributed by atoms with Gasteiger partial charge < -0.3 is 24.8 Å². The number of amides is 2. The van der Waals surface area contributed by atoms with E-state index in [9.17, 15) is 9.59 Å². The van der Waals surface area contributed by atoms with E-state index in [2.05, 4.69) is 20.7 Å². The molecule has 0 saturated carbocycles. The number of hydrogen-bond donors (Lipinski definition) is 2. The van der Waals surface area contributed by atoms with E-state index < -0.39 is 11.7 Å². The summed E-state index contributed by atoms with van der Waals surface area (Å²) in [7, 11) is 0. The smallest absolute Gasteiger partial charge is 0.407 e. The van der Waals surface area contributed by atoms with E-state index in [1.807, 2.05) is 0 Å².